The van der Waals surface area contributed by atoms with E-state index < -0.39 is 0 Å². The van der Waals surface area contributed by atoms with E-state index in [1.165, 1.54) is 10.4 Å². The Morgan fingerprint density at radius 2 is 2.11 bits per heavy atom. The lowest BCUT2D eigenvalue weighted by Crippen LogP contribution is -2.40. The van der Waals surface area contributed by atoms with Crippen LogP contribution in [-0.4, -0.2) is 29.1 Å². The number of amides is 1. The lowest BCUT2D eigenvalue weighted by Gasteiger charge is -2.35. The summed E-state index contributed by atoms with van der Waals surface area (Å²) in [5.74, 6) is 0.391. The highest BCUT2D eigenvalue weighted by Gasteiger charge is 2.27. The number of halogens is 1. The highest BCUT2D eigenvalue weighted by Crippen LogP contribution is 2.30. The Morgan fingerprint density at radius 1 is 1.32 bits per heavy atom. The van der Waals surface area contributed by atoms with Crippen LogP contribution in [0, 0.1) is 13.8 Å². The molecular weight excluding hydrogens is 394 g/mol. The second-order valence-electron chi connectivity index (χ2n) is 7.07. The molecule has 0 aliphatic carbocycles. The highest BCUT2D eigenvalue weighted by molar-refractivity contribution is 7.10. The second-order valence-corrected chi connectivity index (χ2v) is 8.50. The minimum absolute atomic E-state index is 0.0646. The molecule has 0 bridgehead atoms. The summed E-state index contributed by atoms with van der Waals surface area (Å²) < 4.78 is 5.13. The molecule has 3 aromatic rings. The van der Waals surface area contributed by atoms with Crippen LogP contribution in [0.5, 0.6) is 0 Å². The van der Waals surface area contributed by atoms with Gasteiger partial charge in [0.2, 0.25) is 0 Å². The van der Waals surface area contributed by atoms with Crippen molar-refractivity contribution in [3.63, 3.8) is 0 Å². The molecule has 0 fully saturated rings. The van der Waals surface area contributed by atoms with Crippen LogP contribution in [0.15, 0.2) is 40.2 Å². The molecule has 28 heavy (non-hydrogen) atoms. The molecule has 146 valence electrons. The van der Waals surface area contributed by atoms with Crippen LogP contribution in [0.3, 0.4) is 0 Å². The molecule has 1 aromatic carbocycles. The molecular formula is C21H22ClN3O2S. The molecule has 4 rings (SSSR count). The maximum absolute atomic E-state index is 12.7. The molecule has 1 aliphatic rings. The summed E-state index contributed by atoms with van der Waals surface area (Å²) in [5.41, 5.74) is 3.65. The third kappa shape index (κ3) is 3.85. The van der Waals surface area contributed by atoms with E-state index in [-0.39, 0.29) is 11.9 Å². The lowest BCUT2D eigenvalue weighted by atomic mass is 10.0. The summed E-state index contributed by atoms with van der Waals surface area (Å²) in [5, 5.41) is 9.83. The van der Waals surface area contributed by atoms with Crippen LogP contribution in [0.4, 0.5) is 0 Å². The molecule has 0 radical (unpaired) electrons. The normalized spacial score (nSPS) is 15.2. The number of nitrogens with zero attached hydrogens (tertiary/aromatic N) is 2. The van der Waals surface area contributed by atoms with E-state index in [9.17, 15) is 4.79 Å². The predicted octanol–water partition coefficient (Wildman–Crippen LogP) is 4.54. The van der Waals surface area contributed by atoms with E-state index in [2.05, 4.69) is 26.8 Å². The molecule has 0 spiro atoms. The van der Waals surface area contributed by atoms with Gasteiger partial charge in [-0.3, -0.25) is 9.69 Å². The Morgan fingerprint density at radius 3 is 2.82 bits per heavy atom. The smallest absolute Gasteiger partial charge is 0.256 e. The van der Waals surface area contributed by atoms with E-state index in [0.717, 1.165) is 25.1 Å². The Labute approximate surface area is 173 Å². The highest BCUT2D eigenvalue weighted by atomic mass is 35.5. The third-order valence-electron chi connectivity index (χ3n) is 5.25. The molecule has 3 heterocycles. The monoisotopic (exact) mass is 415 g/mol. The van der Waals surface area contributed by atoms with Gasteiger partial charge in [0.15, 0.2) is 0 Å². The Balaban J connectivity index is 1.55. The van der Waals surface area contributed by atoms with E-state index >= 15 is 0 Å². The molecule has 1 atom stereocenters. The number of hydrogen-bond acceptors (Lipinski definition) is 5. The van der Waals surface area contributed by atoms with Crippen molar-refractivity contribution in [2.24, 2.45) is 0 Å². The first-order valence-corrected chi connectivity index (χ1v) is 10.5. The zero-order valence-corrected chi connectivity index (χ0v) is 17.4. The van der Waals surface area contributed by atoms with Gasteiger partial charge in [0.25, 0.3) is 5.91 Å². The molecule has 0 saturated heterocycles. The minimum Gasteiger partial charge on any atom is -0.361 e. The first-order chi connectivity index (χ1) is 13.5. The zero-order valence-electron chi connectivity index (χ0n) is 15.9. The van der Waals surface area contributed by atoms with Crippen LogP contribution in [0.1, 0.15) is 43.9 Å². The maximum Gasteiger partial charge on any atom is 0.256 e. The van der Waals surface area contributed by atoms with Gasteiger partial charge in [-0.25, -0.2) is 0 Å². The third-order valence-corrected chi connectivity index (χ3v) is 6.52. The van der Waals surface area contributed by atoms with Gasteiger partial charge in [0.05, 0.1) is 11.7 Å². The topological polar surface area (TPSA) is 58.4 Å². The van der Waals surface area contributed by atoms with Crippen molar-refractivity contribution in [1.82, 2.24) is 15.4 Å². The first-order valence-electron chi connectivity index (χ1n) is 9.28. The van der Waals surface area contributed by atoms with Crippen LogP contribution in [0.2, 0.25) is 5.02 Å². The summed E-state index contributed by atoms with van der Waals surface area (Å²) >= 11 is 7.91. The van der Waals surface area contributed by atoms with Gasteiger partial charge in [0, 0.05) is 29.5 Å². The molecule has 7 heteroatoms. The quantitative estimate of drug-likeness (QED) is 0.664. The number of carbonyl (C=O) groups excluding carboxylic acids is 1. The fourth-order valence-corrected chi connectivity index (χ4v) is 4.78. The van der Waals surface area contributed by atoms with E-state index in [1.54, 1.807) is 13.8 Å². The largest absolute Gasteiger partial charge is 0.361 e. The van der Waals surface area contributed by atoms with Gasteiger partial charge in [-0.05, 0) is 55.0 Å². The SMILES string of the molecule is Cc1noc(C)c1C(=O)NCC(c1ccc(Cl)cc1)N1CCc2sccc2C1. The average Bonchev–Trinajstić information content (AvgIpc) is 3.29. The lowest BCUT2D eigenvalue weighted by molar-refractivity contribution is 0.0926. The summed E-state index contributed by atoms with van der Waals surface area (Å²) in [6, 6.07) is 10.2. The van der Waals surface area contributed by atoms with E-state index in [0.29, 0.717) is 28.6 Å². The van der Waals surface area contributed by atoms with Gasteiger partial charge < -0.3 is 9.84 Å². The number of aromatic nitrogens is 1. The van der Waals surface area contributed by atoms with Crippen molar-refractivity contribution in [2.45, 2.75) is 32.9 Å². The second kappa shape index (κ2) is 8.07. The summed E-state index contributed by atoms with van der Waals surface area (Å²) in [6.45, 7) is 5.89. The number of aryl methyl sites for hydroxylation is 2. The number of carbonyl (C=O) groups is 1. The van der Waals surface area contributed by atoms with Gasteiger partial charge in [-0.2, -0.15) is 0 Å². The van der Waals surface area contributed by atoms with Crippen LogP contribution >= 0.6 is 22.9 Å². The fraction of sp³-hybridized carbons (Fsp3) is 0.333. The van der Waals surface area contributed by atoms with Gasteiger partial charge >= 0.3 is 0 Å². The van der Waals surface area contributed by atoms with Crippen molar-refractivity contribution < 1.29 is 9.32 Å². The van der Waals surface area contributed by atoms with E-state index in [4.69, 9.17) is 16.1 Å². The Hall–Kier alpha value is -2.15. The fourth-order valence-electron chi connectivity index (χ4n) is 3.76. The van der Waals surface area contributed by atoms with Crippen molar-refractivity contribution >= 4 is 28.8 Å². The average molecular weight is 416 g/mol. The summed E-state index contributed by atoms with van der Waals surface area (Å²) in [7, 11) is 0. The van der Waals surface area contributed by atoms with Crippen molar-refractivity contribution in [3.8, 4) is 0 Å². The summed E-state index contributed by atoms with van der Waals surface area (Å²) in [6.07, 6.45) is 1.04. The standard InChI is InChI=1S/C21H22ClN3O2S/c1-13-20(14(2)27-24-13)21(26)23-11-18(15-3-5-17(22)6-4-15)25-9-7-19-16(12-25)8-10-28-19/h3-6,8,10,18H,7,9,11-12H2,1-2H3,(H,23,26). The van der Waals surface area contributed by atoms with Crippen LogP contribution < -0.4 is 5.32 Å². The number of thiophene rings is 1. The van der Waals surface area contributed by atoms with Crippen LogP contribution in [-0.2, 0) is 13.0 Å². The minimum atomic E-state index is -0.150. The van der Waals surface area contributed by atoms with Gasteiger partial charge in [-0.15, -0.1) is 11.3 Å². The van der Waals surface area contributed by atoms with Gasteiger partial charge in [-0.1, -0.05) is 28.9 Å². The Bertz CT molecular complexity index is 960. The Kier molecular flexibility index (Phi) is 5.53. The number of nitrogens with one attached hydrogen (secondary N) is 1. The first kappa shape index (κ1) is 19.2. The van der Waals surface area contributed by atoms with Gasteiger partial charge in [0.1, 0.15) is 11.3 Å². The number of rotatable bonds is 5. The molecule has 2 aromatic heterocycles. The molecule has 1 amide bonds. The van der Waals surface area contributed by atoms with Crippen molar-refractivity contribution in [2.75, 3.05) is 13.1 Å². The number of fused-ring (bicyclic) bond motifs is 1. The van der Waals surface area contributed by atoms with Crippen molar-refractivity contribution in [1.29, 1.82) is 0 Å². The predicted molar refractivity (Wildman–Crippen MR) is 111 cm³/mol. The van der Waals surface area contributed by atoms with Crippen LogP contribution in [0.25, 0.3) is 0 Å². The zero-order chi connectivity index (χ0) is 19.7. The summed E-state index contributed by atoms with van der Waals surface area (Å²) in [4.78, 5) is 16.6. The van der Waals surface area contributed by atoms with Crippen molar-refractivity contribution in [3.05, 3.63) is 73.8 Å². The number of hydrogen-bond donors (Lipinski definition) is 1. The molecule has 1 N–H and O–H groups in total. The number of benzene rings is 1. The molecule has 0 saturated carbocycles. The maximum atomic E-state index is 12.7. The molecule has 1 unspecified atom stereocenters. The van der Waals surface area contributed by atoms with E-state index in [1.807, 2.05) is 35.6 Å². The molecule has 5 nitrogen and oxygen atoms in total. The molecule has 1 aliphatic heterocycles.